The van der Waals surface area contributed by atoms with Crippen molar-refractivity contribution in [3.63, 3.8) is 0 Å². The standard InChI is InChI=1S/C20H27N3O3S/c1-3-25-19(24)16-13(2)15-17(21-12-22-18(15)27-16)23-14-7-10-26-20(11-14)8-5-4-6-9-20/h12,14H,3-11H2,1-2H3,(H,21,22,23). The SMILES string of the molecule is CCOC(=O)c1sc2ncnc(NC3CCOC4(CCCCC4)C3)c2c1C. The third kappa shape index (κ3) is 3.67. The van der Waals surface area contributed by atoms with Crippen LogP contribution in [0.2, 0.25) is 0 Å². The first kappa shape index (κ1) is 18.6. The zero-order valence-electron chi connectivity index (χ0n) is 16.0. The first-order valence-corrected chi connectivity index (χ1v) is 10.8. The molecule has 1 aliphatic carbocycles. The van der Waals surface area contributed by atoms with Crippen LogP contribution in [0.15, 0.2) is 6.33 Å². The number of anilines is 1. The molecule has 27 heavy (non-hydrogen) atoms. The highest BCUT2D eigenvalue weighted by Gasteiger charge is 2.38. The van der Waals surface area contributed by atoms with Crippen molar-refractivity contribution in [2.75, 3.05) is 18.5 Å². The molecule has 0 radical (unpaired) electrons. The average molecular weight is 390 g/mol. The van der Waals surface area contributed by atoms with Crippen LogP contribution in [0.3, 0.4) is 0 Å². The molecular formula is C20H27N3O3S. The van der Waals surface area contributed by atoms with E-state index in [0.29, 0.717) is 17.5 Å². The Morgan fingerprint density at radius 1 is 1.37 bits per heavy atom. The van der Waals surface area contributed by atoms with E-state index in [1.807, 2.05) is 13.8 Å². The van der Waals surface area contributed by atoms with E-state index in [1.165, 1.54) is 30.6 Å². The minimum atomic E-state index is -0.281. The van der Waals surface area contributed by atoms with Gasteiger partial charge in [-0.1, -0.05) is 19.3 Å². The molecule has 146 valence electrons. The fourth-order valence-electron chi connectivity index (χ4n) is 4.46. The minimum Gasteiger partial charge on any atom is -0.462 e. The van der Waals surface area contributed by atoms with Crippen molar-refractivity contribution in [3.8, 4) is 0 Å². The lowest BCUT2D eigenvalue weighted by Gasteiger charge is -2.43. The van der Waals surface area contributed by atoms with Crippen molar-refractivity contribution < 1.29 is 14.3 Å². The van der Waals surface area contributed by atoms with E-state index in [1.54, 1.807) is 6.33 Å². The first-order valence-electron chi connectivity index (χ1n) is 9.93. The van der Waals surface area contributed by atoms with Gasteiger partial charge >= 0.3 is 5.97 Å². The summed E-state index contributed by atoms with van der Waals surface area (Å²) in [5.74, 6) is 0.540. The lowest BCUT2D eigenvalue weighted by Crippen LogP contribution is -2.45. The minimum absolute atomic E-state index is 0.0418. The number of fused-ring (bicyclic) bond motifs is 1. The van der Waals surface area contributed by atoms with Crippen LogP contribution in [0.4, 0.5) is 5.82 Å². The van der Waals surface area contributed by atoms with Crippen molar-refractivity contribution >= 4 is 33.3 Å². The predicted octanol–water partition coefficient (Wildman–Crippen LogP) is 4.47. The van der Waals surface area contributed by atoms with Gasteiger partial charge in [0.1, 0.15) is 21.9 Å². The highest BCUT2D eigenvalue weighted by Crippen LogP contribution is 2.40. The summed E-state index contributed by atoms with van der Waals surface area (Å²) in [7, 11) is 0. The second-order valence-corrected chi connectivity index (χ2v) is 8.60. The second-order valence-electron chi connectivity index (χ2n) is 7.61. The summed E-state index contributed by atoms with van der Waals surface area (Å²) in [6, 6.07) is 0.334. The highest BCUT2D eigenvalue weighted by atomic mass is 32.1. The number of rotatable bonds is 4. The molecule has 6 nitrogen and oxygen atoms in total. The maximum atomic E-state index is 12.2. The molecule has 1 aliphatic heterocycles. The van der Waals surface area contributed by atoms with Gasteiger partial charge in [-0.2, -0.15) is 0 Å². The van der Waals surface area contributed by atoms with Crippen LogP contribution < -0.4 is 5.32 Å². The van der Waals surface area contributed by atoms with Gasteiger partial charge in [0.2, 0.25) is 0 Å². The monoisotopic (exact) mass is 389 g/mol. The molecule has 0 aromatic carbocycles. The van der Waals surface area contributed by atoms with E-state index in [9.17, 15) is 4.79 Å². The van der Waals surface area contributed by atoms with Crippen LogP contribution in [0.5, 0.6) is 0 Å². The van der Waals surface area contributed by atoms with Gasteiger partial charge in [-0.05, 0) is 45.1 Å². The number of aromatic nitrogens is 2. The van der Waals surface area contributed by atoms with Gasteiger partial charge in [-0.25, -0.2) is 14.8 Å². The molecule has 2 aromatic heterocycles. The number of esters is 1. The van der Waals surface area contributed by atoms with Crippen molar-refractivity contribution in [2.24, 2.45) is 0 Å². The van der Waals surface area contributed by atoms with E-state index in [0.717, 1.165) is 53.9 Å². The zero-order valence-corrected chi connectivity index (χ0v) is 16.9. The van der Waals surface area contributed by atoms with Gasteiger partial charge in [-0.3, -0.25) is 0 Å². The molecule has 7 heteroatoms. The van der Waals surface area contributed by atoms with Crippen LogP contribution in [-0.2, 0) is 9.47 Å². The van der Waals surface area contributed by atoms with Crippen molar-refractivity contribution in [3.05, 3.63) is 16.8 Å². The van der Waals surface area contributed by atoms with Crippen LogP contribution >= 0.6 is 11.3 Å². The lowest BCUT2D eigenvalue weighted by atomic mass is 9.78. The Morgan fingerprint density at radius 2 is 2.19 bits per heavy atom. The van der Waals surface area contributed by atoms with E-state index < -0.39 is 0 Å². The summed E-state index contributed by atoms with van der Waals surface area (Å²) < 4.78 is 11.4. The molecule has 2 aliphatic rings. The molecule has 0 bridgehead atoms. The van der Waals surface area contributed by atoms with Crippen molar-refractivity contribution in [1.82, 2.24) is 9.97 Å². The van der Waals surface area contributed by atoms with Crippen molar-refractivity contribution in [1.29, 1.82) is 0 Å². The first-order chi connectivity index (χ1) is 13.1. The highest BCUT2D eigenvalue weighted by molar-refractivity contribution is 7.20. The molecule has 1 N–H and O–H groups in total. The van der Waals surface area contributed by atoms with Crippen LogP contribution in [0.1, 0.15) is 67.1 Å². The average Bonchev–Trinajstić information content (AvgIpc) is 3.01. The maximum absolute atomic E-state index is 12.2. The second kappa shape index (κ2) is 7.72. The molecule has 1 saturated heterocycles. The number of carbonyl (C=O) groups excluding carboxylic acids is 1. The summed E-state index contributed by atoms with van der Waals surface area (Å²) >= 11 is 1.38. The number of thiophene rings is 1. The van der Waals surface area contributed by atoms with Crippen LogP contribution in [-0.4, -0.2) is 40.8 Å². The van der Waals surface area contributed by atoms with Gasteiger partial charge in [0, 0.05) is 12.6 Å². The number of hydrogen-bond donors (Lipinski definition) is 1. The summed E-state index contributed by atoms with van der Waals surface area (Å²) in [6.07, 6.45) is 9.73. The largest absolute Gasteiger partial charge is 0.462 e. The smallest absolute Gasteiger partial charge is 0.348 e. The topological polar surface area (TPSA) is 73.3 Å². The summed E-state index contributed by atoms with van der Waals surface area (Å²) in [6.45, 7) is 4.93. The van der Waals surface area contributed by atoms with Gasteiger partial charge in [0.15, 0.2) is 0 Å². The van der Waals surface area contributed by atoms with E-state index in [2.05, 4.69) is 15.3 Å². The number of ether oxygens (including phenoxy) is 2. The van der Waals surface area contributed by atoms with E-state index in [-0.39, 0.29) is 11.6 Å². The number of nitrogens with one attached hydrogen (secondary N) is 1. The molecule has 2 aromatic rings. The fraction of sp³-hybridized carbons (Fsp3) is 0.650. The molecule has 4 rings (SSSR count). The summed E-state index contributed by atoms with van der Waals surface area (Å²) in [4.78, 5) is 22.6. The van der Waals surface area contributed by atoms with E-state index in [4.69, 9.17) is 9.47 Å². The molecule has 1 atom stereocenters. The Hall–Kier alpha value is -1.73. The third-order valence-electron chi connectivity index (χ3n) is 5.79. The number of carbonyl (C=O) groups is 1. The molecule has 2 fully saturated rings. The molecular weight excluding hydrogens is 362 g/mol. The van der Waals surface area contributed by atoms with Gasteiger partial charge in [0.05, 0.1) is 17.6 Å². The Morgan fingerprint density at radius 3 is 2.96 bits per heavy atom. The number of nitrogens with zero attached hydrogens (tertiary/aromatic N) is 2. The lowest BCUT2D eigenvalue weighted by molar-refractivity contribution is -0.103. The summed E-state index contributed by atoms with van der Waals surface area (Å²) in [5, 5.41) is 4.58. The Balaban J connectivity index is 1.59. The Labute approximate surface area is 163 Å². The molecule has 0 amide bonds. The molecule has 3 heterocycles. The zero-order chi connectivity index (χ0) is 18.9. The predicted molar refractivity (Wildman–Crippen MR) is 107 cm³/mol. The molecule has 1 unspecified atom stereocenters. The Kier molecular flexibility index (Phi) is 5.32. The van der Waals surface area contributed by atoms with Gasteiger partial charge in [0.25, 0.3) is 0 Å². The van der Waals surface area contributed by atoms with Gasteiger partial charge < -0.3 is 14.8 Å². The fourth-order valence-corrected chi connectivity index (χ4v) is 5.50. The normalized spacial score (nSPS) is 22.1. The number of hydrogen-bond acceptors (Lipinski definition) is 7. The van der Waals surface area contributed by atoms with Gasteiger partial charge in [-0.15, -0.1) is 11.3 Å². The van der Waals surface area contributed by atoms with Crippen LogP contribution in [0.25, 0.3) is 10.2 Å². The number of aryl methyl sites for hydroxylation is 1. The Bertz CT molecular complexity index is 824. The van der Waals surface area contributed by atoms with E-state index >= 15 is 0 Å². The van der Waals surface area contributed by atoms with Crippen molar-refractivity contribution in [2.45, 2.75) is 70.4 Å². The molecule has 1 saturated carbocycles. The maximum Gasteiger partial charge on any atom is 0.348 e. The quantitative estimate of drug-likeness (QED) is 0.778. The van der Waals surface area contributed by atoms with Crippen LogP contribution in [0, 0.1) is 6.92 Å². The summed E-state index contributed by atoms with van der Waals surface area (Å²) in [5.41, 5.74) is 0.941. The third-order valence-corrected chi connectivity index (χ3v) is 6.97. The molecule has 1 spiro atoms.